The molecule has 0 aliphatic rings. The maximum absolute atomic E-state index is 12.3. The highest BCUT2D eigenvalue weighted by Gasteiger charge is 2.09. The maximum Gasteiger partial charge on any atom is 0.343 e. The normalized spacial score (nSPS) is 10.5. The number of nitrogens with zero attached hydrogens (tertiary/aromatic N) is 1. The first kappa shape index (κ1) is 25.0. The lowest BCUT2D eigenvalue weighted by molar-refractivity contribution is -0.120. The third kappa shape index (κ3) is 7.71. The zero-order valence-corrected chi connectivity index (χ0v) is 19.3. The molecule has 0 aliphatic carbocycles. The van der Waals surface area contributed by atoms with E-state index in [4.69, 9.17) is 14.2 Å². The summed E-state index contributed by atoms with van der Waals surface area (Å²) in [6, 6.07) is 19.8. The highest BCUT2D eigenvalue weighted by atomic mass is 16.5. The van der Waals surface area contributed by atoms with Crippen LogP contribution < -0.4 is 25.0 Å². The first-order valence-corrected chi connectivity index (χ1v) is 10.8. The van der Waals surface area contributed by atoms with E-state index in [1.54, 1.807) is 72.8 Å². The third-order valence-corrected chi connectivity index (χ3v) is 4.66. The van der Waals surface area contributed by atoms with Gasteiger partial charge in [-0.2, -0.15) is 5.10 Å². The fourth-order valence-electron chi connectivity index (χ4n) is 2.87. The van der Waals surface area contributed by atoms with Crippen LogP contribution in [0.1, 0.15) is 33.2 Å². The van der Waals surface area contributed by atoms with Crippen LogP contribution in [0.15, 0.2) is 77.9 Å². The Morgan fingerprint density at radius 1 is 0.829 bits per heavy atom. The Morgan fingerprint density at radius 3 is 2.06 bits per heavy atom. The number of rotatable bonds is 10. The van der Waals surface area contributed by atoms with Crippen molar-refractivity contribution in [3.8, 4) is 17.2 Å². The van der Waals surface area contributed by atoms with Crippen LogP contribution in [-0.4, -0.2) is 44.3 Å². The minimum atomic E-state index is -0.488. The van der Waals surface area contributed by atoms with E-state index in [0.717, 1.165) is 0 Å². The van der Waals surface area contributed by atoms with Crippen LogP contribution in [0.4, 0.5) is 0 Å². The zero-order chi connectivity index (χ0) is 25.0. The SMILES string of the molecule is CCOc1ccc(C(=O)Oc2ccc(/C=N/NC(=O)CNC(=O)c3ccc(OC)cc3)cc2)cc1. The van der Waals surface area contributed by atoms with Crippen molar-refractivity contribution in [2.75, 3.05) is 20.3 Å². The molecule has 3 rings (SSSR count). The zero-order valence-electron chi connectivity index (χ0n) is 19.3. The lowest BCUT2D eigenvalue weighted by atomic mass is 10.2. The number of ether oxygens (including phenoxy) is 3. The predicted molar refractivity (Wildman–Crippen MR) is 130 cm³/mol. The van der Waals surface area contributed by atoms with E-state index in [1.165, 1.54) is 13.3 Å². The van der Waals surface area contributed by atoms with Crippen LogP contribution >= 0.6 is 0 Å². The number of carbonyl (C=O) groups excluding carboxylic acids is 3. The number of methoxy groups -OCH3 is 1. The fraction of sp³-hybridized carbons (Fsp3) is 0.154. The number of hydrazone groups is 1. The quantitative estimate of drug-likeness (QED) is 0.201. The molecule has 0 heterocycles. The summed E-state index contributed by atoms with van der Waals surface area (Å²) in [5, 5.41) is 6.38. The van der Waals surface area contributed by atoms with Gasteiger partial charge in [0, 0.05) is 5.56 Å². The van der Waals surface area contributed by atoms with E-state index < -0.39 is 11.9 Å². The third-order valence-electron chi connectivity index (χ3n) is 4.66. The second kappa shape index (κ2) is 12.5. The van der Waals surface area contributed by atoms with Crippen molar-refractivity contribution in [2.24, 2.45) is 5.10 Å². The van der Waals surface area contributed by atoms with E-state index in [0.29, 0.717) is 40.5 Å². The monoisotopic (exact) mass is 475 g/mol. The lowest BCUT2D eigenvalue weighted by Gasteiger charge is -2.06. The topological polar surface area (TPSA) is 115 Å². The Labute approximate surface area is 202 Å². The van der Waals surface area contributed by atoms with Crippen LogP contribution in [0, 0.1) is 0 Å². The van der Waals surface area contributed by atoms with Gasteiger partial charge in [0.25, 0.3) is 11.8 Å². The predicted octanol–water partition coefficient (Wildman–Crippen LogP) is 3.19. The van der Waals surface area contributed by atoms with Crippen LogP contribution in [0.5, 0.6) is 17.2 Å². The molecule has 2 N–H and O–H groups in total. The molecule has 0 bridgehead atoms. The van der Waals surface area contributed by atoms with E-state index in [1.807, 2.05) is 6.92 Å². The van der Waals surface area contributed by atoms with Crippen molar-refractivity contribution in [3.05, 3.63) is 89.5 Å². The molecule has 0 atom stereocenters. The highest BCUT2D eigenvalue weighted by Crippen LogP contribution is 2.16. The molecule has 180 valence electrons. The first-order chi connectivity index (χ1) is 17.0. The molecule has 3 aromatic carbocycles. The van der Waals surface area contributed by atoms with Crippen molar-refractivity contribution < 1.29 is 28.6 Å². The van der Waals surface area contributed by atoms with Gasteiger partial charge in [0.1, 0.15) is 17.2 Å². The Kier molecular flexibility index (Phi) is 8.95. The molecule has 3 aromatic rings. The van der Waals surface area contributed by atoms with Crippen LogP contribution in [0.2, 0.25) is 0 Å². The largest absolute Gasteiger partial charge is 0.497 e. The number of benzene rings is 3. The van der Waals surface area contributed by atoms with Crippen molar-refractivity contribution in [1.82, 2.24) is 10.7 Å². The molecule has 0 aliphatic heterocycles. The molecule has 0 radical (unpaired) electrons. The number of amides is 2. The van der Waals surface area contributed by atoms with Gasteiger partial charge in [0.2, 0.25) is 0 Å². The summed E-state index contributed by atoms with van der Waals surface area (Å²) in [6.07, 6.45) is 1.43. The number of carbonyl (C=O) groups is 3. The number of esters is 1. The number of hydrogen-bond donors (Lipinski definition) is 2. The summed E-state index contributed by atoms with van der Waals surface area (Å²) in [5.74, 6) is 0.322. The van der Waals surface area contributed by atoms with E-state index in [9.17, 15) is 14.4 Å². The van der Waals surface area contributed by atoms with E-state index in [-0.39, 0.29) is 12.5 Å². The minimum absolute atomic E-state index is 0.233. The summed E-state index contributed by atoms with van der Waals surface area (Å²) in [7, 11) is 1.54. The molecule has 0 unspecified atom stereocenters. The number of nitrogens with one attached hydrogen (secondary N) is 2. The van der Waals surface area contributed by atoms with Gasteiger partial charge in [-0.15, -0.1) is 0 Å². The molecule has 9 nitrogen and oxygen atoms in total. The molecular formula is C26H25N3O6. The molecule has 0 fully saturated rings. The lowest BCUT2D eigenvalue weighted by Crippen LogP contribution is -2.34. The molecule has 0 saturated heterocycles. The molecule has 9 heteroatoms. The van der Waals surface area contributed by atoms with Gasteiger partial charge < -0.3 is 19.5 Å². The highest BCUT2D eigenvalue weighted by molar-refractivity contribution is 5.96. The molecular weight excluding hydrogens is 450 g/mol. The molecule has 0 saturated carbocycles. The maximum atomic E-state index is 12.3. The number of hydrogen-bond acceptors (Lipinski definition) is 7. The summed E-state index contributed by atoms with van der Waals surface area (Å²) in [5.41, 5.74) is 3.82. The molecule has 2 amide bonds. The molecule has 0 spiro atoms. The van der Waals surface area contributed by atoms with Gasteiger partial charge in [0.15, 0.2) is 0 Å². The summed E-state index contributed by atoms with van der Waals surface area (Å²) < 4.78 is 15.8. The second-order valence-corrected chi connectivity index (χ2v) is 7.12. The smallest absolute Gasteiger partial charge is 0.343 e. The summed E-state index contributed by atoms with van der Waals surface area (Å²) >= 11 is 0. The summed E-state index contributed by atoms with van der Waals surface area (Å²) in [6.45, 7) is 2.20. The van der Waals surface area contributed by atoms with Crippen LogP contribution in [0.3, 0.4) is 0 Å². The van der Waals surface area contributed by atoms with Crippen molar-refractivity contribution >= 4 is 24.0 Å². The van der Waals surface area contributed by atoms with Gasteiger partial charge >= 0.3 is 5.97 Å². The standard InChI is InChI=1S/C26H25N3O6/c1-3-34-22-14-8-20(9-15-22)26(32)35-23-10-4-18(5-11-23)16-28-29-24(30)17-27-25(31)19-6-12-21(33-2)13-7-19/h4-16H,3,17H2,1-2H3,(H,27,31)(H,29,30)/b28-16+. The van der Waals surface area contributed by atoms with Gasteiger partial charge in [0.05, 0.1) is 32.0 Å². The van der Waals surface area contributed by atoms with Gasteiger partial charge in [-0.3, -0.25) is 9.59 Å². The Bertz CT molecular complexity index is 1170. The van der Waals surface area contributed by atoms with Gasteiger partial charge in [-0.05, 0) is 85.3 Å². The van der Waals surface area contributed by atoms with Gasteiger partial charge in [-0.1, -0.05) is 0 Å². The Balaban J connectivity index is 1.43. The van der Waals surface area contributed by atoms with Crippen molar-refractivity contribution in [1.29, 1.82) is 0 Å². The average Bonchev–Trinajstić information content (AvgIpc) is 2.89. The van der Waals surface area contributed by atoms with Crippen molar-refractivity contribution in [2.45, 2.75) is 6.92 Å². The van der Waals surface area contributed by atoms with Crippen LogP contribution in [0.25, 0.3) is 0 Å². The van der Waals surface area contributed by atoms with E-state index in [2.05, 4.69) is 15.8 Å². The average molecular weight is 476 g/mol. The van der Waals surface area contributed by atoms with E-state index >= 15 is 0 Å². The molecule has 35 heavy (non-hydrogen) atoms. The first-order valence-electron chi connectivity index (χ1n) is 10.8. The Hall–Kier alpha value is -4.66. The van der Waals surface area contributed by atoms with Crippen molar-refractivity contribution in [3.63, 3.8) is 0 Å². The minimum Gasteiger partial charge on any atom is -0.497 e. The second-order valence-electron chi connectivity index (χ2n) is 7.12. The summed E-state index contributed by atoms with van der Waals surface area (Å²) in [4.78, 5) is 36.3. The Morgan fingerprint density at radius 2 is 1.43 bits per heavy atom. The fourth-order valence-corrected chi connectivity index (χ4v) is 2.87. The van der Waals surface area contributed by atoms with Gasteiger partial charge in [-0.25, -0.2) is 10.2 Å². The molecule has 0 aromatic heterocycles. The van der Waals surface area contributed by atoms with Crippen LogP contribution in [-0.2, 0) is 4.79 Å².